The molecule has 0 unspecified atom stereocenters. The van der Waals surface area contributed by atoms with Crippen molar-refractivity contribution in [2.45, 2.75) is 25.3 Å². The maximum atomic E-state index is 11.3. The average molecular weight is 266 g/mol. The molecule has 0 saturated heterocycles. The van der Waals surface area contributed by atoms with E-state index < -0.39 is 5.97 Å². The van der Waals surface area contributed by atoms with E-state index in [0.29, 0.717) is 23.6 Å². The lowest BCUT2D eigenvalue weighted by Gasteiger charge is -2.10. The lowest BCUT2D eigenvalue weighted by atomic mass is 10.1. The number of carboxylic acid groups (broad SMARTS) is 1. The molecule has 0 bridgehead atoms. The van der Waals surface area contributed by atoms with Crippen molar-refractivity contribution in [3.8, 4) is 6.07 Å². The summed E-state index contributed by atoms with van der Waals surface area (Å²) < 4.78 is 2.02. The number of carboxylic acids is 1. The molecule has 1 aromatic carbocycles. The summed E-state index contributed by atoms with van der Waals surface area (Å²) in [6, 6.07) is 11.2. The molecule has 1 N–H and O–H groups in total. The van der Waals surface area contributed by atoms with Crippen molar-refractivity contribution in [3.63, 3.8) is 0 Å². The number of hydrogen-bond acceptors (Lipinski definition) is 2. The average Bonchev–Trinajstić information content (AvgIpc) is 3.20. The van der Waals surface area contributed by atoms with Crippen molar-refractivity contribution >= 4 is 5.97 Å². The highest BCUT2D eigenvalue weighted by Gasteiger charge is 2.31. The molecule has 0 spiro atoms. The number of nitrogens with zero attached hydrogens (tertiary/aromatic N) is 2. The third-order valence-electron chi connectivity index (χ3n) is 3.64. The van der Waals surface area contributed by atoms with Gasteiger partial charge in [-0.2, -0.15) is 5.26 Å². The first kappa shape index (κ1) is 12.5. The molecule has 0 atom stereocenters. The summed E-state index contributed by atoms with van der Waals surface area (Å²) in [5.41, 5.74) is 3.05. The zero-order valence-corrected chi connectivity index (χ0v) is 10.9. The summed E-state index contributed by atoms with van der Waals surface area (Å²) in [6.07, 6.45) is 3.98. The summed E-state index contributed by atoms with van der Waals surface area (Å²) in [5.74, 6) is -0.472. The van der Waals surface area contributed by atoms with E-state index in [1.807, 2.05) is 22.9 Å². The van der Waals surface area contributed by atoms with Gasteiger partial charge in [-0.3, -0.25) is 0 Å². The second kappa shape index (κ2) is 4.86. The molecule has 4 heteroatoms. The van der Waals surface area contributed by atoms with Crippen LogP contribution in [0.15, 0.2) is 36.5 Å². The van der Waals surface area contributed by atoms with Crippen LogP contribution in [0.4, 0.5) is 0 Å². The highest BCUT2D eigenvalue weighted by molar-refractivity contribution is 5.89. The first-order chi connectivity index (χ1) is 9.69. The van der Waals surface area contributed by atoms with Crippen LogP contribution in [0.25, 0.3) is 0 Å². The van der Waals surface area contributed by atoms with E-state index in [0.717, 1.165) is 24.1 Å². The molecule has 4 nitrogen and oxygen atoms in total. The van der Waals surface area contributed by atoms with Crippen LogP contribution in [0, 0.1) is 11.3 Å². The fourth-order valence-electron chi connectivity index (χ4n) is 2.50. The predicted molar refractivity (Wildman–Crippen MR) is 73.6 cm³/mol. The van der Waals surface area contributed by atoms with Crippen molar-refractivity contribution in [2.24, 2.45) is 0 Å². The van der Waals surface area contributed by atoms with Crippen molar-refractivity contribution in [3.05, 3.63) is 58.9 Å². The Balaban J connectivity index is 1.90. The second-order valence-electron chi connectivity index (χ2n) is 5.13. The number of carbonyl (C=O) groups is 1. The molecule has 3 rings (SSSR count). The fourth-order valence-corrected chi connectivity index (χ4v) is 2.50. The first-order valence-corrected chi connectivity index (χ1v) is 6.60. The van der Waals surface area contributed by atoms with E-state index in [1.165, 1.54) is 0 Å². The smallest absolute Gasteiger partial charge is 0.337 e. The number of aromatic carboxylic acids is 1. The Morgan fingerprint density at radius 2 is 2.00 bits per heavy atom. The molecule has 100 valence electrons. The van der Waals surface area contributed by atoms with Gasteiger partial charge in [0.1, 0.15) is 0 Å². The minimum atomic E-state index is -0.856. The van der Waals surface area contributed by atoms with Crippen LogP contribution in [0.3, 0.4) is 0 Å². The molecule has 1 fully saturated rings. The van der Waals surface area contributed by atoms with Crippen LogP contribution in [0.1, 0.15) is 45.9 Å². The summed E-state index contributed by atoms with van der Waals surface area (Å²) >= 11 is 0. The minimum absolute atomic E-state index is 0.384. The molecule has 2 aromatic rings. The maximum absolute atomic E-state index is 11.3. The van der Waals surface area contributed by atoms with Crippen LogP contribution in [0.2, 0.25) is 0 Å². The van der Waals surface area contributed by atoms with Crippen molar-refractivity contribution in [2.75, 3.05) is 0 Å². The van der Waals surface area contributed by atoms with Gasteiger partial charge in [0.25, 0.3) is 0 Å². The summed E-state index contributed by atoms with van der Waals surface area (Å²) in [6.45, 7) is 0.644. The van der Waals surface area contributed by atoms with Gasteiger partial charge in [0.05, 0.1) is 17.2 Å². The largest absolute Gasteiger partial charge is 0.478 e. The Hall–Kier alpha value is -2.54. The molecule has 20 heavy (non-hydrogen) atoms. The molecule has 1 aliphatic rings. The molecule has 0 radical (unpaired) electrons. The predicted octanol–water partition coefficient (Wildman–Crippen LogP) is 2.98. The fraction of sp³-hybridized carbons (Fsp3) is 0.250. The number of benzene rings is 1. The van der Waals surface area contributed by atoms with Crippen LogP contribution in [-0.2, 0) is 6.54 Å². The molecule has 1 saturated carbocycles. The normalized spacial score (nSPS) is 13.9. The third kappa shape index (κ3) is 2.30. The van der Waals surface area contributed by atoms with E-state index in [9.17, 15) is 9.90 Å². The van der Waals surface area contributed by atoms with Gasteiger partial charge in [0.2, 0.25) is 0 Å². The zero-order chi connectivity index (χ0) is 14.1. The Kier molecular flexibility index (Phi) is 3.03. The molecule has 1 aromatic heterocycles. The van der Waals surface area contributed by atoms with Crippen LogP contribution < -0.4 is 0 Å². The van der Waals surface area contributed by atoms with Crippen LogP contribution in [-0.4, -0.2) is 15.6 Å². The van der Waals surface area contributed by atoms with Gasteiger partial charge < -0.3 is 9.67 Å². The highest BCUT2D eigenvalue weighted by atomic mass is 16.4. The lowest BCUT2D eigenvalue weighted by Crippen LogP contribution is -2.06. The minimum Gasteiger partial charge on any atom is -0.478 e. The van der Waals surface area contributed by atoms with E-state index in [4.69, 9.17) is 5.26 Å². The third-order valence-corrected chi connectivity index (χ3v) is 3.64. The van der Waals surface area contributed by atoms with Gasteiger partial charge in [-0.25, -0.2) is 4.79 Å². The van der Waals surface area contributed by atoms with Gasteiger partial charge >= 0.3 is 5.97 Å². The van der Waals surface area contributed by atoms with Gasteiger partial charge in [0.15, 0.2) is 0 Å². The summed E-state index contributed by atoms with van der Waals surface area (Å²) in [5, 5.41) is 18.0. The molecule has 0 amide bonds. The van der Waals surface area contributed by atoms with Crippen LogP contribution in [0.5, 0.6) is 0 Å². The number of hydrogen-bond donors (Lipinski definition) is 1. The topological polar surface area (TPSA) is 66.0 Å². The van der Waals surface area contributed by atoms with Crippen LogP contribution >= 0.6 is 0 Å². The highest BCUT2D eigenvalue weighted by Crippen LogP contribution is 2.42. The van der Waals surface area contributed by atoms with E-state index in [-0.39, 0.29) is 0 Å². The number of aromatic nitrogens is 1. The molecular formula is C16H14N2O2. The van der Waals surface area contributed by atoms with E-state index >= 15 is 0 Å². The quantitative estimate of drug-likeness (QED) is 0.925. The molecular weight excluding hydrogens is 252 g/mol. The zero-order valence-electron chi connectivity index (χ0n) is 10.9. The standard InChI is InChI=1S/C16H14N2O2/c17-9-11-1-3-12(4-2-11)10-18-8-7-14(16(19)20)15(18)13-5-6-13/h1-4,7-8,13H,5-6,10H2,(H,19,20). The van der Waals surface area contributed by atoms with Gasteiger partial charge in [0, 0.05) is 24.4 Å². The maximum Gasteiger partial charge on any atom is 0.337 e. The second-order valence-corrected chi connectivity index (χ2v) is 5.13. The Bertz CT molecular complexity index is 688. The van der Waals surface area contributed by atoms with Crippen molar-refractivity contribution in [1.82, 2.24) is 4.57 Å². The van der Waals surface area contributed by atoms with Crippen molar-refractivity contribution in [1.29, 1.82) is 5.26 Å². The Labute approximate surface area is 116 Å². The summed E-state index contributed by atoms with van der Waals surface area (Å²) in [4.78, 5) is 11.3. The molecule has 1 aliphatic carbocycles. The first-order valence-electron chi connectivity index (χ1n) is 6.60. The number of nitriles is 1. The van der Waals surface area contributed by atoms with E-state index in [1.54, 1.807) is 18.2 Å². The lowest BCUT2D eigenvalue weighted by molar-refractivity contribution is 0.0695. The van der Waals surface area contributed by atoms with Crippen molar-refractivity contribution < 1.29 is 9.90 Å². The van der Waals surface area contributed by atoms with Gasteiger partial charge in [-0.1, -0.05) is 12.1 Å². The molecule has 1 heterocycles. The molecule has 0 aliphatic heterocycles. The number of rotatable bonds is 4. The Morgan fingerprint density at radius 1 is 1.30 bits per heavy atom. The monoisotopic (exact) mass is 266 g/mol. The summed E-state index contributed by atoms with van der Waals surface area (Å²) in [7, 11) is 0. The SMILES string of the molecule is N#Cc1ccc(Cn2ccc(C(=O)O)c2C2CC2)cc1. The van der Waals surface area contributed by atoms with Gasteiger partial charge in [-0.15, -0.1) is 0 Å². The van der Waals surface area contributed by atoms with Gasteiger partial charge in [-0.05, 0) is 36.6 Å². The Morgan fingerprint density at radius 3 is 2.55 bits per heavy atom. The van der Waals surface area contributed by atoms with E-state index in [2.05, 4.69) is 6.07 Å².